The SMILES string of the molecule is O=C(NCCNC(=O)c1ccccc1Cl)c1ccc(-n2cccc2)cc1. The van der Waals surface area contributed by atoms with Crippen LogP contribution in [0.25, 0.3) is 5.69 Å². The van der Waals surface area contributed by atoms with Crippen molar-refractivity contribution in [2.24, 2.45) is 0 Å². The van der Waals surface area contributed by atoms with Crippen LogP contribution in [-0.4, -0.2) is 29.5 Å². The lowest BCUT2D eigenvalue weighted by Crippen LogP contribution is -2.34. The van der Waals surface area contributed by atoms with Gasteiger partial charge in [-0.1, -0.05) is 23.7 Å². The van der Waals surface area contributed by atoms with Crippen LogP contribution >= 0.6 is 11.6 Å². The zero-order valence-corrected chi connectivity index (χ0v) is 14.7. The lowest BCUT2D eigenvalue weighted by molar-refractivity contribution is 0.0927. The van der Waals surface area contributed by atoms with E-state index in [1.807, 2.05) is 41.2 Å². The molecule has 0 bridgehead atoms. The summed E-state index contributed by atoms with van der Waals surface area (Å²) in [4.78, 5) is 24.2. The van der Waals surface area contributed by atoms with Crippen LogP contribution in [0.4, 0.5) is 0 Å². The maximum Gasteiger partial charge on any atom is 0.252 e. The third-order valence-electron chi connectivity index (χ3n) is 3.85. The number of halogens is 1. The van der Waals surface area contributed by atoms with Gasteiger partial charge in [0.25, 0.3) is 11.8 Å². The molecule has 3 aromatic rings. The topological polar surface area (TPSA) is 63.1 Å². The van der Waals surface area contributed by atoms with Gasteiger partial charge in [-0.05, 0) is 48.5 Å². The minimum Gasteiger partial charge on any atom is -0.350 e. The first-order chi connectivity index (χ1) is 12.6. The summed E-state index contributed by atoms with van der Waals surface area (Å²) in [6.07, 6.45) is 3.88. The maximum absolute atomic E-state index is 12.2. The van der Waals surface area contributed by atoms with Gasteiger partial charge in [-0.15, -0.1) is 0 Å². The standard InChI is InChI=1S/C20H18ClN3O2/c21-18-6-2-1-5-17(18)20(26)23-12-11-22-19(25)15-7-9-16(10-8-15)24-13-3-4-14-24/h1-10,13-14H,11-12H2,(H,22,25)(H,23,26). The van der Waals surface area contributed by atoms with E-state index in [9.17, 15) is 9.59 Å². The highest BCUT2D eigenvalue weighted by molar-refractivity contribution is 6.33. The minimum atomic E-state index is -0.263. The van der Waals surface area contributed by atoms with Crippen molar-refractivity contribution in [2.75, 3.05) is 13.1 Å². The molecule has 0 atom stereocenters. The second kappa shape index (κ2) is 8.36. The average molecular weight is 368 g/mol. The third kappa shape index (κ3) is 4.32. The maximum atomic E-state index is 12.2. The number of nitrogens with zero attached hydrogens (tertiary/aromatic N) is 1. The zero-order chi connectivity index (χ0) is 18.4. The molecule has 0 aliphatic carbocycles. The number of benzene rings is 2. The second-order valence-electron chi connectivity index (χ2n) is 5.63. The van der Waals surface area contributed by atoms with Gasteiger partial charge in [0.1, 0.15) is 0 Å². The molecule has 5 nitrogen and oxygen atoms in total. The lowest BCUT2D eigenvalue weighted by atomic mass is 10.2. The van der Waals surface area contributed by atoms with E-state index in [0.717, 1.165) is 5.69 Å². The van der Waals surface area contributed by atoms with E-state index < -0.39 is 0 Å². The molecule has 0 fully saturated rings. The number of rotatable bonds is 6. The first-order valence-corrected chi connectivity index (χ1v) is 8.57. The summed E-state index contributed by atoms with van der Waals surface area (Å²) in [5.41, 5.74) is 1.97. The van der Waals surface area contributed by atoms with Crippen LogP contribution in [0.3, 0.4) is 0 Å². The number of carbonyl (C=O) groups excluding carboxylic acids is 2. The van der Waals surface area contributed by atoms with E-state index in [2.05, 4.69) is 10.6 Å². The molecule has 0 spiro atoms. The van der Waals surface area contributed by atoms with Crippen LogP contribution in [-0.2, 0) is 0 Å². The van der Waals surface area contributed by atoms with Crippen LogP contribution < -0.4 is 10.6 Å². The Kier molecular flexibility index (Phi) is 5.71. The predicted octanol–water partition coefficient (Wildman–Crippen LogP) is 3.29. The van der Waals surface area contributed by atoms with Crippen molar-refractivity contribution in [3.05, 3.63) is 89.2 Å². The van der Waals surface area contributed by atoms with E-state index >= 15 is 0 Å². The van der Waals surface area contributed by atoms with Gasteiger partial charge in [-0.2, -0.15) is 0 Å². The molecule has 2 aromatic carbocycles. The third-order valence-corrected chi connectivity index (χ3v) is 4.18. The molecule has 0 aliphatic heterocycles. The van der Waals surface area contributed by atoms with Crippen LogP contribution in [0.1, 0.15) is 20.7 Å². The Hall–Kier alpha value is -3.05. The number of carbonyl (C=O) groups is 2. The average Bonchev–Trinajstić information content (AvgIpc) is 3.20. The molecule has 0 saturated heterocycles. The van der Waals surface area contributed by atoms with Gasteiger partial charge in [-0.25, -0.2) is 0 Å². The first-order valence-electron chi connectivity index (χ1n) is 8.19. The molecule has 3 rings (SSSR count). The molecule has 0 saturated carbocycles. The van der Waals surface area contributed by atoms with Crippen molar-refractivity contribution < 1.29 is 9.59 Å². The molecule has 6 heteroatoms. The summed E-state index contributed by atoms with van der Waals surface area (Å²) >= 11 is 5.98. The highest BCUT2D eigenvalue weighted by atomic mass is 35.5. The Morgan fingerprint density at radius 2 is 1.42 bits per heavy atom. The summed E-state index contributed by atoms with van der Waals surface area (Å²) in [6.45, 7) is 0.644. The second-order valence-corrected chi connectivity index (χ2v) is 6.04. The van der Waals surface area contributed by atoms with Gasteiger partial charge in [-0.3, -0.25) is 9.59 Å². The molecule has 132 valence electrons. The summed E-state index contributed by atoms with van der Waals surface area (Å²) < 4.78 is 1.96. The number of hydrogen-bond donors (Lipinski definition) is 2. The highest BCUT2D eigenvalue weighted by Crippen LogP contribution is 2.14. The number of aromatic nitrogens is 1. The fraction of sp³-hybridized carbons (Fsp3) is 0.100. The Labute approximate surface area is 156 Å². The Morgan fingerprint density at radius 1 is 0.808 bits per heavy atom. The van der Waals surface area contributed by atoms with Crippen molar-refractivity contribution in [3.63, 3.8) is 0 Å². The van der Waals surface area contributed by atoms with E-state index in [-0.39, 0.29) is 11.8 Å². The smallest absolute Gasteiger partial charge is 0.252 e. The molecule has 0 aliphatic rings. The van der Waals surface area contributed by atoms with E-state index in [4.69, 9.17) is 11.6 Å². The van der Waals surface area contributed by atoms with Crippen LogP contribution in [0.5, 0.6) is 0 Å². The number of hydrogen-bond acceptors (Lipinski definition) is 2. The van der Waals surface area contributed by atoms with Gasteiger partial charge >= 0.3 is 0 Å². The van der Waals surface area contributed by atoms with Gasteiger partial charge in [0.15, 0.2) is 0 Å². The molecule has 26 heavy (non-hydrogen) atoms. The Morgan fingerprint density at radius 3 is 2.08 bits per heavy atom. The molecular formula is C20H18ClN3O2. The molecular weight excluding hydrogens is 350 g/mol. The van der Waals surface area contributed by atoms with Gasteiger partial charge < -0.3 is 15.2 Å². The minimum absolute atomic E-state index is 0.184. The van der Waals surface area contributed by atoms with E-state index in [1.54, 1.807) is 36.4 Å². The molecule has 0 radical (unpaired) electrons. The summed E-state index contributed by atoms with van der Waals surface area (Å²) in [5, 5.41) is 5.91. The van der Waals surface area contributed by atoms with Gasteiger partial charge in [0, 0.05) is 36.7 Å². The predicted molar refractivity (Wildman–Crippen MR) is 102 cm³/mol. The van der Waals surface area contributed by atoms with Gasteiger partial charge in [0.2, 0.25) is 0 Å². The monoisotopic (exact) mass is 367 g/mol. The quantitative estimate of drug-likeness (QED) is 0.657. The van der Waals surface area contributed by atoms with Crippen molar-refractivity contribution in [3.8, 4) is 5.69 Å². The molecule has 2 amide bonds. The summed E-state index contributed by atoms with van der Waals surface area (Å²) in [5.74, 6) is -0.447. The van der Waals surface area contributed by atoms with Crippen LogP contribution in [0.2, 0.25) is 5.02 Å². The van der Waals surface area contributed by atoms with Crippen molar-refractivity contribution >= 4 is 23.4 Å². The largest absolute Gasteiger partial charge is 0.350 e. The van der Waals surface area contributed by atoms with Crippen molar-refractivity contribution in [2.45, 2.75) is 0 Å². The fourth-order valence-electron chi connectivity index (χ4n) is 2.49. The van der Waals surface area contributed by atoms with Crippen LogP contribution in [0, 0.1) is 0 Å². The molecule has 1 aromatic heterocycles. The van der Waals surface area contributed by atoms with Crippen molar-refractivity contribution in [1.29, 1.82) is 0 Å². The Balaban J connectivity index is 1.47. The first kappa shape index (κ1) is 17.8. The molecule has 1 heterocycles. The fourth-order valence-corrected chi connectivity index (χ4v) is 2.71. The molecule has 2 N–H and O–H groups in total. The highest BCUT2D eigenvalue weighted by Gasteiger charge is 2.09. The van der Waals surface area contributed by atoms with E-state index in [1.165, 1.54) is 0 Å². The zero-order valence-electron chi connectivity index (χ0n) is 14.0. The Bertz CT molecular complexity index is 890. The van der Waals surface area contributed by atoms with E-state index in [0.29, 0.717) is 29.2 Å². The summed E-state index contributed by atoms with van der Waals surface area (Å²) in [7, 11) is 0. The van der Waals surface area contributed by atoms with Crippen LogP contribution in [0.15, 0.2) is 73.1 Å². The lowest BCUT2D eigenvalue weighted by Gasteiger charge is -2.09. The molecule has 0 unspecified atom stereocenters. The van der Waals surface area contributed by atoms with Crippen molar-refractivity contribution in [1.82, 2.24) is 15.2 Å². The summed E-state index contributed by atoms with van der Waals surface area (Å²) in [6, 6.07) is 18.0. The number of nitrogens with one attached hydrogen (secondary N) is 2. The van der Waals surface area contributed by atoms with Gasteiger partial charge in [0.05, 0.1) is 10.6 Å². The normalized spacial score (nSPS) is 10.3. The number of amides is 2.